The van der Waals surface area contributed by atoms with Crippen LogP contribution in [0.4, 0.5) is 0 Å². The number of rotatable bonds is 8. The van der Waals surface area contributed by atoms with Crippen molar-refractivity contribution in [3.05, 3.63) is 69.8 Å². The first-order valence-electron chi connectivity index (χ1n) is 8.79. The zero-order valence-electron chi connectivity index (χ0n) is 16.0. The lowest BCUT2D eigenvalue weighted by molar-refractivity contribution is -0.143. The fourth-order valence-corrected chi connectivity index (χ4v) is 2.71. The molecule has 0 aromatic heterocycles. The normalized spacial score (nSPS) is 10.8. The number of nitrogens with one attached hydrogen (secondary N) is 2. The van der Waals surface area contributed by atoms with E-state index in [1.54, 1.807) is 62.6 Å². The molecule has 2 aromatic rings. The molecule has 7 nitrogen and oxygen atoms in total. The Morgan fingerprint density at radius 3 is 2.45 bits per heavy atom. The average molecular weight is 461 g/mol. The third kappa shape index (κ3) is 7.08. The van der Waals surface area contributed by atoms with E-state index in [-0.39, 0.29) is 18.8 Å². The van der Waals surface area contributed by atoms with Crippen molar-refractivity contribution in [3.8, 4) is 5.75 Å². The highest BCUT2D eigenvalue weighted by Gasteiger charge is 2.16. The van der Waals surface area contributed by atoms with Gasteiger partial charge in [0.05, 0.1) is 13.7 Å². The Kier molecular flexibility index (Phi) is 8.42. The summed E-state index contributed by atoms with van der Waals surface area (Å²) in [6, 6.07) is 13.7. The molecule has 0 bridgehead atoms. The number of hydrogen-bond donors (Lipinski definition) is 2. The Hall–Kier alpha value is -3.13. The minimum atomic E-state index is -0.614. The lowest BCUT2D eigenvalue weighted by Crippen LogP contribution is -2.37. The van der Waals surface area contributed by atoms with Gasteiger partial charge in [-0.15, -0.1) is 0 Å². The van der Waals surface area contributed by atoms with Gasteiger partial charge < -0.3 is 20.1 Å². The second kappa shape index (κ2) is 11.0. The van der Waals surface area contributed by atoms with Crippen molar-refractivity contribution >= 4 is 39.8 Å². The molecule has 0 saturated heterocycles. The summed E-state index contributed by atoms with van der Waals surface area (Å²) in [7, 11) is 1.55. The van der Waals surface area contributed by atoms with Gasteiger partial charge in [-0.1, -0.05) is 34.1 Å². The van der Waals surface area contributed by atoms with E-state index in [2.05, 4.69) is 26.6 Å². The molecule has 0 aliphatic carbocycles. The van der Waals surface area contributed by atoms with E-state index in [4.69, 9.17) is 9.47 Å². The van der Waals surface area contributed by atoms with Crippen molar-refractivity contribution in [2.45, 2.75) is 6.92 Å². The van der Waals surface area contributed by atoms with Gasteiger partial charge in [0.25, 0.3) is 11.8 Å². The van der Waals surface area contributed by atoms with Crippen LogP contribution in [0.15, 0.2) is 58.7 Å². The predicted octanol–water partition coefficient (Wildman–Crippen LogP) is 2.91. The molecule has 2 amide bonds. The van der Waals surface area contributed by atoms with Crippen LogP contribution in [0.2, 0.25) is 0 Å². The van der Waals surface area contributed by atoms with E-state index in [1.807, 2.05) is 0 Å². The van der Waals surface area contributed by atoms with Gasteiger partial charge in [0, 0.05) is 10.0 Å². The third-order valence-electron chi connectivity index (χ3n) is 3.71. The number of carbonyl (C=O) groups excluding carboxylic acids is 3. The number of benzene rings is 2. The molecule has 0 saturated carbocycles. The Labute approximate surface area is 177 Å². The van der Waals surface area contributed by atoms with Crippen LogP contribution in [0.3, 0.4) is 0 Å². The van der Waals surface area contributed by atoms with Gasteiger partial charge >= 0.3 is 5.97 Å². The highest BCUT2D eigenvalue weighted by atomic mass is 79.9. The summed E-state index contributed by atoms with van der Waals surface area (Å²) < 4.78 is 10.7. The summed E-state index contributed by atoms with van der Waals surface area (Å²) >= 11 is 3.31. The molecule has 2 aromatic carbocycles. The van der Waals surface area contributed by atoms with E-state index < -0.39 is 17.8 Å². The number of esters is 1. The van der Waals surface area contributed by atoms with Gasteiger partial charge in [0.15, 0.2) is 0 Å². The summed E-state index contributed by atoms with van der Waals surface area (Å²) in [5.41, 5.74) is 1.03. The molecule has 0 aliphatic rings. The summed E-state index contributed by atoms with van der Waals surface area (Å²) in [4.78, 5) is 36.7. The highest BCUT2D eigenvalue weighted by molar-refractivity contribution is 9.10. The van der Waals surface area contributed by atoms with Crippen molar-refractivity contribution < 1.29 is 23.9 Å². The van der Waals surface area contributed by atoms with Crippen LogP contribution in [-0.2, 0) is 14.3 Å². The van der Waals surface area contributed by atoms with Crippen LogP contribution >= 0.6 is 15.9 Å². The van der Waals surface area contributed by atoms with Crippen LogP contribution in [0.1, 0.15) is 22.8 Å². The molecule has 0 fully saturated rings. The van der Waals surface area contributed by atoms with Crippen molar-refractivity contribution in [2.75, 3.05) is 20.3 Å². The van der Waals surface area contributed by atoms with Crippen molar-refractivity contribution in [3.63, 3.8) is 0 Å². The quantitative estimate of drug-likeness (QED) is 0.466. The van der Waals surface area contributed by atoms with Crippen LogP contribution in [0.5, 0.6) is 5.75 Å². The molecule has 0 spiro atoms. The fraction of sp³-hybridized carbons (Fsp3) is 0.190. The Morgan fingerprint density at radius 1 is 1.10 bits per heavy atom. The van der Waals surface area contributed by atoms with Crippen LogP contribution < -0.4 is 15.4 Å². The zero-order chi connectivity index (χ0) is 21.2. The molecule has 152 valence electrons. The summed E-state index contributed by atoms with van der Waals surface area (Å²) in [6.45, 7) is 1.58. The Balaban J connectivity index is 2.23. The van der Waals surface area contributed by atoms with Gasteiger partial charge in [-0.2, -0.15) is 0 Å². The first-order valence-corrected chi connectivity index (χ1v) is 9.58. The highest BCUT2D eigenvalue weighted by Crippen LogP contribution is 2.15. The standard InChI is InChI=1S/C21H21BrN2O5/c1-3-29-19(25)13-23-21(27)18(11-14-7-9-17(28-2)10-8-14)24-20(26)15-5-4-6-16(22)12-15/h4-12H,3,13H2,1-2H3,(H,23,27)(H,24,26)/b18-11+. The topological polar surface area (TPSA) is 93.7 Å². The second-order valence-corrected chi connectivity index (χ2v) is 6.70. The monoisotopic (exact) mass is 460 g/mol. The van der Waals surface area contributed by atoms with Crippen LogP contribution in [0.25, 0.3) is 6.08 Å². The number of methoxy groups -OCH3 is 1. The summed E-state index contributed by atoms with van der Waals surface area (Å²) in [5, 5.41) is 5.05. The van der Waals surface area contributed by atoms with E-state index >= 15 is 0 Å². The molecule has 0 radical (unpaired) electrons. The largest absolute Gasteiger partial charge is 0.497 e. The second-order valence-electron chi connectivity index (χ2n) is 5.78. The SMILES string of the molecule is CCOC(=O)CNC(=O)/C(=C\c1ccc(OC)cc1)NC(=O)c1cccc(Br)c1. The number of carbonyl (C=O) groups is 3. The van der Waals surface area contributed by atoms with E-state index in [1.165, 1.54) is 6.08 Å². The lowest BCUT2D eigenvalue weighted by atomic mass is 10.1. The maximum Gasteiger partial charge on any atom is 0.325 e. The molecule has 0 aliphatic heterocycles. The van der Waals surface area contributed by atoms with E-state index in [0.717, 1.165) is 4.47 Å². The van der Waals surface area contributed by atoms with Gasteiger partial charge in [-0.3, -0.25) is 14.4 Å². The maximum absolute atomic E-state index is 12.6. The maximum atomic E-state index is 12.6. The van der Waals surface area contributed by atoms with E-state index in [0.29, 0.717) is 16.9 Å². The minimum absolute atomic E-state index is 0.00978. The Bertz CT molecular complexity index is 910. The van der Waals surface area contributed by atoms with Crippen LogP contribution in [-0.4, -0.2) is 38.0 Å². The van der Waals surface area contributed by atoms with Crippen LogP contribution in [0, 0.1) is 0 Å². The molecule has 0 heterocycles. The fourth-order valence-electron chi connectivity index (χ4n) is 2.31. The summed E-state index contributed by atoms with van der Waals surface area (Å²) in [5.74, 6) is -0.980. The van der Waals surface area contributed by atoms with Crippen molar-refractivity contribution in [1.29, 1.82) is 0 Å². The van der Waals surface area contributed by atoms with Gasteiger partial charge in [-0.05, 0) is 48.9 Å². The molecule has 0 unspecified atom stereocenters. The first-order chi connectivity index (χ1) is 13.9. The molecule has 0 atom stereocenters. The molecule has 29 heavy (non-hydrogen) atoms. The molecule has 8 heteroatoms. The lowest BCUT2D eigenvalue weighted by Gasteiger charge is -2.11. The van der Waals surface area contributed by atoms with E-state index in [9.17, 15) is 14.4 Å². The summed E-state index contributed by atoms with van der Waals surface area (Å²) in [6.07, 6.45) is 1.51. The zero-order valence-corrected chi connectivity index (χ0v) is 17.6. The third-order valence-corrected chi connectivity index (χ3v) is 4.20. The Morgan fingerprint density at radius 2 is 1.83 bits per heavy atom. The minimum Gasteiger partial charge on any atom is -0.497 e. The number of amides is 2. The van der Waals surface area contributed by atoms with Crippen molar-refractivity contribution in [2.24, 2.45) is 0 Å². The molecule has 2 rings (SSSR count). The smallest absolute Gasteiger partial charge is 0.325 e. The molecular formula is C21H21BrN2O5. The number of hydrogen-bond acceptors (Lipinski definition) is 5. The molecule has 2 N–H and O–H groups in total. The van der Waals surface area contributed by atoms with Crippen molar-refractivity contribution in [1.82, 2.24) is 10.6 Å². The average Bonchev–Trinajstić information content (AvgIpc) is 2.72. The van der Waals surface area contributed by atoms with Gasteiger partial charge in [0.2, 0.25) is 0 Å². The number of halogens is 1. The first kappa shape index (κ1) is 22.2. The predicted molar refractivity (Wildman–Crippen MR) is 112 cm³/mol. The number of ether oxygens (including phenoxy) is 2. The van der Waals surface area contributed by atoms with Gasteiger partial charge in [0.1, 0.15) is 18.0 Å². The molecular weight excluding hydrogens is 440 g/mol. The van der Waals surface area contributed by atoms with Gasteiger partial charge in [-0.25, -0.2) is 0 Å².